The summed E-state index contributed by atoms with van der Waals surface area (Å²) in [5.41, 5.74) is -0.257. The molecule has 1 aliphatic heterocycles. The SMILES string of the molecule is CCC=C(NC1CCNCC1F)OC(C)(C)C. The summed E-state index contributed by atoms with van der Waals surface area (Å²) in [6.07, 6.45) is 2.78. The monoisotopic (exact) mass is 244 g/mol. The van der Waals surface area contributed by atoms with Crippen LogP contribution in [0.4, 0.5) is 4.39 Å². The fourth-order valence-electron chi connectivity index (χ4n) is 1.81. The normalized spacial score (nSPS) is 26.8. The topological polar surface area (TPSA) is 33.3 Å². The van der Waals surface area contributed by atoms with Crippen molar-refractivity contribution in [3.63, 3.8) is 0 Å². The number of allylic oxidation sites excluding steroid dienone is 1. The summed E-state index contributed by atoms with van der Waals surface area (Å²) < 4.78 is 19.5. The zero-order valence-corrected chi connectivity index (χ0v) is 11.3. The van der Waals surface area contributed by atoms with Crippen LogP contribution in [0.15, 0.2) is 12.0 Å². The van der Waals surface area contributed by atoms with Gasteiger partial charge in [0, 0.05) is 6.54 Å². The van der Waals surface area contributed by atoms with Gasteiger partial charge in [-0.1, -0.05) is 6.92 Å². The summed E-state index contributed by atoms with van der Waals surface area (Å²) in [6.45, 7) is 9.30. The van der Waals surface area contributed by atoms with Gasteiger partial charge in [-0.2, -0.15) is 0 Å². The van der Waals surface area contributed by atoms with Gasteiger partial charge in [-0.25, -0.2) is 4.39 Å². The van der Waals surface area contributed by atoms with E-state index < -0.39 is 6.17 Å². The lowest BCUT2D eigenvalue weighted by molar-refractivity contribution is 0.0310. The van der Waals surface area contributed by atoms with Gasteiger partial charge >= 0.3 is 0 Å². The first-order chi connectivity index (χ1) is 7.92. The second-order valence-corrected chi connectivity index (χ2v) is 5.45. The van der Waals surface area contributed by atoms with Crippen molar-refractivity contribution in [2.45, 2.75) is 58.4 Å². The predicted octanol–water partition coefficient (Wildman–Crippen LogP) is 2.34. The lowest BCUT2D eigenvalue weighted by Gasteiger charge is -2.31. The predicted molar refractivity (Wildman–Crippen MR) is 68.5 cm³/mol. The average molecular weight is 244 g/mol. The molecule has 0 aromatic heterocycles. The van der Waals surface area contributed by atoms with E-state index in [9.17, 15) is 4.39 Å². The molecule has 3 nitrogen and oxygen atoms in total. The molecule has 0 aromatic carbocycles. The fraction of sp³-hybridized carbons (Fsp3) is 0.846. The van der Waals surface area contributed by atoms with Crippen LogP contribution in [0.1, 0.15) is 40.5 Å². The first-order valence-electron chi connectivity index (χ1n) is 6.43. The molecule has 1 rings (SSSR count). The fourth-order valence-corrected chi connectivity index (χ4v) is 1.81. The Morgan fingerprint density at radius 2 is 2.24 bits per heavy atom. The van der Waals surface area contributed by atoms with E-state index in [4.69, 9.17) is 4.74 Å². The van der Waals surface area contributed by atoms with Crippen LogP contribution < -0.4 is 10.6 Å². The second kappa shape index (κ2) is 6.24. The number of halogens is 1. The summed E-state index contributed by atoms with van der Waals surface area (Å²) in [6, 6.07) is -0.142. The summed E-state index contributed by atoms with van der Waals surface area (Å²) in [4.78, 5) is 0. The second-order valence-electron chi connectivity index (χ2n) is 5.45. The number of ether oxygens (including phenoxy) is 1. The van der Waals surface area contributed by atoms with Crippen molar-refractivity contribution >= 4 is 0 Å². The summed E-state index contributed by atoms with van der Waals surface area (Å²) in [7, 11) is 0. The Hall–Kier alpha value is -0.770. The largest absolute Gasteiger partial charge is 0.474 e. The number of nitrogens with one attached hydrogen (secondary N) is 2. The lowest BCUT2D eigenvalue weighted by Crippen LogP contribution is -2.49. The van der Waals surface area contributed by atoms with Gasteiger partial charge in [-0.3, -0.25) is 0 Å². The molecule has 0 amide bonds. The highest BCUT2D eigenvalue weighted by Gasteiger charge is 2.26. The number of alkyl halides is 1. The first-order valence-corrected chi connectivity index (χ1v) is 6.43. The van der Waals surface area contributed by atoms with Crippen molar-refractivity contribution < 1.29 is 9.13 Å². The zero-order chi connectivity index (χ0) is 12.9. The number of rotatable bonds is 4. The van der Waals surface area contributed by atoms with Crippen molar-refractivity contribution in [2.24, 2.45) is 0 Å². The highest BCUT2D eigenvalue weighted by molar-refractivity contribution is 4.97. The maximum Gasteiger partial charge on any atom is 0.183 e. The Balaban J connectivity index is 2.57. The van der Waals surface area contributed by atoms with Gasteiger partial charge in [0.15, 0.2) is 5.88 Å². The van der Waals surface area contributed by atoms with Gasteiger partial charge in [0.05, 0.1) is 6.04 Å². The van der Waals surface area contributed by atoms with Gasteiger partial charge in [-0.05, 0) is 46.2 Å². The number of piperidine rings is 1. The van der Waals surface area contributed by atoms with Gasteiger partial charge in [0.2, 0.25) is 0 Å². The van der Waals surface area contributed by atoms with Crippen LogP contribution in [0.5, 0.6) is 0 Å². The van der Waals surface area contributed by atoms with E-state index in [0.717, 1.165) is 19.4 Å². The molecular formula is C13H25FN2O. The van der Waals surface area contributed by atoms with E-state index in [1.807, 2.05) is 33.8 Å². The third kappa shape index (κ3) is 5.39. The van der Waals surface area contributed by atoms with E-state index in [2.05, 4.69) is 10.6 Å². The van der Waals surface area contributed by atoms with E-state index in [1.54, 1.807) is 0 Å². The molecule has 1 heterocycles. The van der Waals surface area contributed by atoms with E-state index in [1.165, 1.54) is 0 Å². The maximum atomic E-state index is 13.7. The highest BCUT2D eigenvalue weighted by Crippen LogP contribution is 2.15. The Bertz CT molecular complexity index is 261. The third-order valence-electron chi connectivity index (χ3n) is 2.54. The van der Waals surface area contributed by atoms with E-state index in [-0.39, 0.29) is 11.6 Å². The van der Waals surface area contributed by atoms with Crippen LogP contribution in [-0.2, 0) is 4.74 Å². The summed E-state index contributed by atoms with van der Waals surface area (Å²) in [5, 5.41) is 6.23. The molecule has 2 atom stereocenters. The van der Waals surface area contributed by atoms with Crippen molar-refractivity contribution in [1.29, 1.82) is 0 Å². The smallest absolute Gasteiger partial charge is 0.183 e. The van der Waals surface area contributed by atoms with Gasteiger partial charge < -0.3 is 15.4 Å². The van der Waals surface area contributed by atoms with Crippen LogP contribution in [0, 0.1) is 0 Å². The van der Waals surface area contributed by atoms with Crippen LogP contribution in [0.25, 0.3) is 0 Å². The quantitative estimate of drug-likeness (QED) is 0.745. The molecule has 1 aliphatic rings. The lowest BCUT2D eigenvalue weighted by atomic mass is 10.1. The molecule has 1 saturated heterocycles. The molecule has 0 aliphatic carbocycles. The van der Waals surface area contributed by atoms with Crippen LogP contribution in [-0.4, -0.2) is 30.9 Å². The van der Waals surface area contributed by atoms with Crippen molar-refractivity contribution in [2.75, 3.05) is 13.1 Å². The van der Waals surface area contributed by atoms with Crippen LogP contribution in [0.2, 0.25) is 0 Å². The maximum absolute atomic E-state index is 13.7. The molecule has 0 spiro atoms. The Morgan fingerprint density at radius 3 is 2.76 bits per heavy atom. The van der Waals surface area contributed by atoms with Crippen molar-refractivity contribution in [3.05, 3.63) is 12.0 Å². The molecule has 2 unspecified atom stereocenters. The minimum absolute atomic E-state index is 0.142. The number of hydrogen-bond donors (Lipinski definition) is 2. The molecule has 0 radical (unpaired) electrons. The van der Waals surface area contributed by atoms with Gasteiger partial charge in [0.1, 0.15) is 11.8 Å². The van der Waals surface area contributed by atoms with Gasteiger partial charge in [-0.15, -0.1) is 0 Å². The number of hydrogen-bond acceptors (Lipinski definition) is 3. The standard InChI is InChI=1S/C13H25FN2O/c1-5-6-12(17-13(2,3)4)16-11-7-8-15-9-10(11)14/h6,10-11,15-16H,5,7-9H2,1-4H3. The van der Waals surface area contributed by atoms with Gasteiger partial charge in [0.25, 0.3) is 0 Å². The molecule has 0 bridgehead atoms. The van der Waals surface area contributed by atoms with Crippen LogP contribution >= 0.6 is 0 Å². The Labute approximate surface area is 104 Å². The van der Waals surface area contributed by atoms with E-state index in [0.29, 0.717) is 12.4 Å². The molecule has 2 N–H and O–H groups in total. The molecular weight excluding hydrogens is 219 g/mol. The molecule has 1 fully saturated rings. The molecule has 0 saturated carbocycles. The first kappa shape index (κ1) is 14.3. The third-order valence-corrected chi connectivity index (χ3v) is 2.54. The molecule has 0 aromatic rings. The molecule has 100 valence electrons. The summed E-state index contributed by atoms with van der Waals surface area (Å²) in [5.74, 6) is 0.703. The summed E-state index contributed by atoms with van der Waals surface area (Å²) >= 11 is 0. The van der Waals surface area contributed by atoms with E-state index >= 15 is 0 Å². The Morgan fingerprint density at radius 1 is 1.53 bits per heavy atom. The molecule has 4 heteroatoms. The minimum atomic E-state index is -0.854. The highest BCUT2D eigenvalue weighted by atomic mass is 19.1. The van der Waals surface area contributed by atoms with Crippen molar-refractivity contribution in [3.8, 4) is 0 Å². The molecule has 17 heavy (non-hydrogen) atoms. The minimum Gasteiger partial charge on any atom is -0.474 e. The van der Waals surface area contributed by atoms with Crippen LogP contribution in [0.3, 0.4) is 0 Å². The van der Waals surface area contributed by atoms with Crippen molar-refractivity contribution in [1.82, 2.24) is 10.6 Å². The Kier molecular flexibility index (Phi) is 5.25. The average Bonchev–Trinajstić information content (AvgIpc) is 2.19. The zero-order valence-electron chi connectivity index (χ0n) is 11.3.